The molecule has 0 N–H and O–H groups in total. The first-order valence-corrected chi connectivity index (χ1v) is 6.77. The quantitative estimate of drug-likeness (QED) is 0.405. The molecule has 0 fully saturated rings. The summed E-state index contributed by atoms with van der Waals surface area (Å²) in [7, 11) is -3.74. The third-order valence-corrected chi connectivity index (χ3v) is 6.18. The Morgan fingerprint density at radius 2 is 1.33 bits per heavy atom. The predicted molar refractivity (Wildman–Crippen MR) is 46.8 cm³/mol. The van der Waals surface area contributed by atoms with Crippen molar-refractivity contribution in [3.05, 3.63) is 0 Å². The third kappa shape index (κ3) is 5.72. The predicted octanol–water partition coefficient (Wildman–Crippen LogP) is 3.75. The van der Waals surface area contributed by atoms with Gasteiger partial charge in [0.05, 0.1) is 12.1 Å². The number of terminal acetylenes is 1. The number of alkyl halides is 6. The fourth-order valence-electron chi connectivity index (χ4n) is 1.28. The van der Waals surface area contributed by atoms with Crippen molar-refractivity contribution in [2.75, 3.05) is 0 Å². The summed E-state index contributed by atoms with van der Waals surface area (Å²) >= 11 is 0. The lowest BCUT2D eigenvalue weighted by Gasteiger charge is -2.26. The maximum absolute atomic E-state index is 12.1. The van der Waals surface area contributed by atoms with Crippen LogP contribution >= 0.6 is 0 Å². The molecule has 0 rings (SSSR count). The van der Waals surface area contributed by atoms with Crippen LogP contribution in [0.4, 0.5) is 26.3 Å². The first kappa shape index (κ1) is 14.4. The van der Waals surface area contributed by atoms with E-state index >= 15 is 0 Å². The summed E-state index contributed by atoms with van der Waals surface area (Å²) in [5, 5.41) is 0. The van der Waals surface area contributed by atoms with Gasteiger partial charge in [0.25, 0.3) is 0 Å². The van der Waals surface area contributed by atoms with Gasteiger partial charge in [-0.15, -0.1) is 12.0 Å². The van der Waals surface area contributed by atoms with Crippen LogP contribution in [0, 0.1) is 12.0 Å². The van der Waals surface area contributed by atoms with Gasteiger partial charge in [-0.25, -0.2) is 0 Å². The molecule has 0 radical (unpaired) electrons. The van der Waals surface area contributed by atoms with Crippen LogP contribution in [0.2, 0.25) is 18.1 Å². The van der Waals surface area contributed by atoms with Crippen LogP contribution < -0.4 is 0 Å². The zero-order valence-electron chi connectivity index (χ0n) is 7.97. The van der Waals surface area contributed by atoms with Gasteiger partial charge in [-0.05, 0) is 6.04 Å². The minimum Gasteiger partial charge on any atom is -0.171 e. The van der Waals surface area contributed by atoms with E-state index in [1.54, 1.807) is 5.54 Å². The van der Waals surface area contributed by atoms with E-state index in [-0.39, 0.29) is 6.04 Å². The third-order valence-electron chi connectivity index (χ3n) is 2.06. The van der Waals surface area contributed by atoms with Crippen LogP contribution in [0.1, 0.15) is 6.92 Å². The zero-order chi connectivity index (χ0) is 12.3. The highest BCUT2D eigenvalue weighted by Gasteiger charge is 2.48. The van der Waals surface area contributed by atoms with E-state index in [1.807, 2.05) is 0 Å². The summed E-state index contributed by atoms with van der Waals surface area (Å²) in [5.74, 6) is 0. The Labute approximate surface area is 84.7 Å². The van der Waals surface area contributed by atoms with Crippen LogP contribution in [0.3, 0.4) is 0 Å². The molecule has 88 valence electrons. The molecule has 0 aliphatic carbocycles. The normalized spacial score (nSPS) is 13.7. The molecule has 7 heteroatoms. The van der Waals surface area contributed by atoms with E-state index in [0.29, 0.717) is 0 Å². The minimum atomic E-state index is -4.63. The van der Waals surface area contributed by atoms with Crippen LogP contribution in [0.5, 0.6) is 0 Å². The standard InChI is InChI=1S/C8H10F6Si/c1-3-15(4-2,5-7(9,10)11)6-8(12,13)14/h1H,4-6H2,2H3. The van der Waals surface area contributed by atoms with Crippen molar-refractivity contribution >= 4 is 8.07 Å². The van der Waals surface area contributed by atoms with Crippen molar-refractivity contribution in [2.45, 2.75) is 37.4 Å². The van der Waals surface area contributed by atoms with E-state index in [1.165, 1.54) is 6.92 Å². The van der Waals surface area contributed by atoms with Gasteiger partial charge in [-0.3, -0.25) is 0 Å². The molecule has 0 saturated carbocycles. The summed E-state index contributed by atoms with van der Waals surface area (Å²) in [6.07, 6.45) is -4.41. The summed E-state index contributed by atoms with van der Waals surface area (Å²) in [6, 6.07) is -3.15. The zero-order valence-corrected chi connectivity index (χ0v) is 8.97. The largest absolute Gasteiger partial charge is 0.387 e. The van der Waals surface area contributed by atoms with E-state index in [9.17, 15) is 26.3 Å². The fraction of sp³-hybridized carbons (Fsp3) is 0.750. The van der Waals surface area contributed by atoms with Crippen molar-refractivity contribution in [1.29, 1.82) is 0 Å². The Bertz CT molecular complexity index is 229. The SMILES string of the molecule is C#C[Si](CC)(CC(F)(F)F)CC(F)(F)F. The highest BCUT2D eigenvalue weighted by molar-refractivity contribution is 6.87. The maximum atomic E-state index is 12.1. The van der Waals surface area contributed by atoms with Crippen molar-refractivity contribution in [2.24, 2.45) is 0 Å². The molecule has 0 atom stereocenters. The van der Waals surface area contributed by atoms with Crippen molar-refractivity contribution in [3.63, 3.8) is 0 Å². The highest BCUT2D eigenvalue weighted by Crippen LogP contribution is 2.37. The van der Waals surface area contributed by atoms with Crippen LogP contribution in [-0.4, -0.2) is 20.4 Å². The van der Waals surface area contributed by atoms with Gasteiger partial charge >= 0.3 is 12.4 Å². The lowest BCUT2D eigenvalue weighted by molar-refractivity contribution is -0.118. The Hall–Kier alpha value is -0.643. The second kappa shape index (κ2) is 4.47. The van der Waals surface area contributed by atoms with Crippen LogP contribution in [-0.2, 0) is 0 Å². The average Bonchev–Trinajstić information content (AvgIpc) is 1.98. The molecule has 0 aliphatic rings. The van der Waals surface area contributed by atoms with Gasteiger partial charge in [0, 0.05) is 0 Å². The molecule has 0 aromatic heterocycles. The molecule has 0 amide bonds. The molecule has 0 aromatic carbocycles. The molecular weight excluding hydrogens is 238 g/mol. The van der Waals surface area contributed by atoms with Crippen molar-refractivity contribution in [1.82, 2.24) is 0 Å². The summed E-state index contributed by atoms with van der Waals surface area (Å²) in [4.78, 5) is 0. The first-order chi connectivity index (χ1) is 6.54. The molecule has 0 spiro atoms. The lowest BCUT2D eigenvalue weighted by Crippen LogP contribution is -2.41. The van der Waals surface area contributed by atoms with Crippen LogP contribution in [0.25, 0.3) is 0 Å². The van der Waals surface area contributed by atoms with Gasteiger partial charge in [-0.1, -0.05) is 6.92 Å². The summed E-state index contributed by atoms with van der Waals surface area (Å²) in [5.41, 5.74) is 1.78. The Morgan fingerprint density at radius 3 is 1.47 bits per heavy atom. The Balaban J connectivity index is 4.84. The topological polar surface area (TPSA) is 0 Å². The maximum Gasteiger partial charge on any atom is 0.387 e. The molecule has 0 saturated heterocycles. The molecule has 0 aliphatic heterocycles. The van der Waals surface area contributed by atoms with E-state index in [4.69, 9.17) is 6.42 Å². The number of rotatable bonds is 3. The second-order valence-corrected chi connectivity index (χ2v) is 7.63. The Kier molecular flexibility index (Phi) is 4.28. The highest BCUT2D eigenvalue weighted by atomic mass is 28.3. The second-order valence-electron chi connectivity index (χ2n) is 3.36. The average molecular weight is 248 g/mol. The lowest BCUT2D eigenvalue weighted by atomic mass is 10.8. The Morgan fingerprint density at radius 1 is 1.00 bits per heavy atom. The molecular formula is C8H10F6Si. The van der Waals surface area contributed by atoms with Gasteiger partial charge in [0.15, 0.2) is 8.07 Å². The van der Waals surface area contributed by atoms with Gasteiger partial charge in [-0.2, -0.15) is 26.3 Å². The summed E-state index contributed by atoms with van der Waals surface area (Å²) < 4.78 is 72.4. The van der Waals surface area contributed by atoms with E-state index < -0.39 is 32.5 Å². The van der Waals surface area contributed by atoms with Gasteiger partial charge < -0.3 is 0 Å². The van der Waals surface area contributed by atoms with E-state index in [2.05, 4.69) is 0 Å². The molecule has 0 unspecified atom stereocenters. The monoisotopic (exact) mass is 248 g/mol. The minimum absolute atomic E-state index is 0.220. The van der Waals surface area contributed by atoms with Gasteiger partial charge in [0.2, 0.25) is 0 Å². The van der Waals surface area contributed by atoms with Crippen LogP contribution in [0.15, 0.2) is 0 Å². The number of halogens is 6. The molecule has 0 nitrogen and oxygen atoms in total. The smallest absolute Gasteiger partial charge is 0.171 e. The summed E-state index contributed by atoms with van der Waals surface area (Å²) in [6.45, 7) is 1.28. The molecule has 15 heavy (non-hydrogen) atoms. The molecule has 0 heterocycles. The number of hydrogen-bond acceptors (Lipinski definition) is 0. The first-order valence-electron chi connectivity index (χ1n) is 4.15. The van der Waals surface area contributed by atoms with Crippen molar-refractivity contribution < 1.29 is 26.3 Å². The molecule has 0 aromatic rings. The molecule has 0 bridgehead atoms. The van der Waals surface area contributed by atoms with Crippen molar-refractivity contribution in [3.8, 4) is 12.0 Å². The van der Waals surface area contributed by atoms with Gasteiger partial charge in [0.1, 0.15) is 0 Å². The fourth-order valence-corrected chi connectivity index (χ4v) is 3.85. The van der Waals surface area contributed by atoms with E-state index in [0.717, 1.165) is 0 Å². The number of hydrogen-bond donors (Lipinski definition) is 0.